The molecule has 0 bridgehead atoms. The first-order chi connectivity index (χ1) is 11.4. The summed E-state index contributed by atoms with van der Waals surface area (Å²) in [6.07, 6.45) is 1.67. The van der Waals surface area contributed by atoms with E-state index in [1.165, 1.54) is 18.4 Å². The van der Waals surface area contributed by atoms with Crippen LogP contribution in [0.15, 0.2) is 30.5 Å². The van der Waals surface area contributed by atoms with Crippen LogP contribution in [0.5, 0.6) is 0 Å². The van der Waals surface area contributed by atoms with Crippen molar-refractivity contribution in [2.75, 3.05) is 33.1 Å². The van der Waals surface area contributed by atoms with Crippen LogP contribution in [0.25, 0.3) is 10.9 Å². The van der Waals surface area contributed by atoms with Gasteiger partial charge in [0.1, 0.15) is 0 Å². The van der Waals surface area contributed by atoms with Gasteiger partial charge in [0.15, 0.2) is 0 Å². The van der Waals surface area contributed by atoms with Crippen LogP contribution in [-0.2, 0) is 14.8 Å². The number of aromatic nitrogens is 1. The minimum atomic E-state index is -3.34. The Morgan fingerprint density at radius 1 is 1.33 bits per heavy atom. The van der Waals surface area contributed by atoms with Crippen molar-refractivity contribution in [2.24, 2.45) is 5.92 Å². The Balaban J connectivity index is 1.74. The molecule has 3 rings (SSSR count). The molecule has 1 aromatic heterocycles. The van der Waals surface area contributed by atoms with Crippen molar-refractivity contribution in [2.45, 2.75) is 6.04 Å². The van der Waals surface area contributed by atoms with Crippen molar-refractivity contribution in [3.8, 4) is 0 Å². The van der Waals surface area contributed by atoms with Gasteiger partial charge < -0.3 is 15.0 Å². The number of carbonyl (C=O) groups excluding carboxylic acids is 1. The van der Waals surface area contributed by atoms with E-state index in [9.17, 15) is 13.2 Å². The summed E-state index contributed by atoms with van der Waals surface area (Å²) in [7, 11) is -0.334. The number of rotatable bonds is 5. The highest BCUT2D eigenvalue weighted by atomic mass is 32.2. The molecule has 1 aliphatic heterocycles. The van der Waals surface area contributed by atoms with Crippen LogP contribution in [-0.4, -0.2) is 62.7 Å². The molecule has 8 heteroatoms. The predicted molar refractivity (Wildman–Crippen MR) is 91.3 cm³/mol. The van der Waals surface area contributed by atoms with Gasteiger partial charge in [0, 0.05) is 37.1 Å². The second kappa shape index (κ2) is 6.54. The van der Waals surface area contributed by atoms with Gasteiger partial charge in [-0.25, -0.2) is 12.7 Å². The Morgan fingerprint density at radius 2 is 2.08 bits per heavy atom. The largest absolute Gasteiger partial charge is 0.379 e. The predicted octanol–water partition coefficient (Wildman–Crippen LogP) is 0.804. The molecular weight excluding hydrogens is 330 g/mol. The number of hydrogen-bond acceptors (Lipinski definition) is 4. The summed E-state index contributed by atoms with van der Waals surface area (Å²) in [6, 6.07) is 7.23. The van der Waals surface area contributed by atoms with Crippen LogP contribution in [0.1, 0.15) is 10.4 Å². The number of H-pyrrole nitrogens is 1. The number of sulfonamides is 1. The number of benzene rings is 1. The molecular formula is C16H21N3O4S. The molecule has 7 nitrogen and oxygen atoms in total. The SMILES string of the molecule is CN(C)S(=O)(=O)CC1COCC1NC(=O)c1c[nH]c2ccccc12. The minimum Gasteiger partial charge on any atom is -0.379 e. The number of amides is 1. The van der Waals surface area contributed by atoms with E-state index in [1.807, 2.05) is 24.3 Å². The lowest BCUT2D eigenvalue weighted by Gasteiger charge is -2.20. The highest BCUT2D eigenvalue weighted by molar-refractivity contribution is 7.89. The summed E-state index contributed by atoms with van der Waals surface area (Å²) >= 11 is 0. The molecule has 0 radical (unpaired) electrons. The average Bonchev–Trinajstić information content (AvgIpc) is 3.13. The Bertz CT molecular complexity index is 844. The van der Waals surface area contributed by atoms with Crippen LogP contribution >= 0.6 is 0 Å². The zero-order valence-corrected chi connectivity index (χ0v) is 14.5. The van der Waals surface area contributed by atoms with Crippen molar-refractivity contribution >= 4 is 26.8 Å². The molecule has 24 heavy (non-hydrogen) atoms. The molecule has 1 fully saturated rings. The summed E-state index contributed by atoms with van der Waals surface area (Å²) in [5.74, 6) is -0.527. The fourth-order valence-corrected chi connectivity index (χ4v) is 4.02. The molecule has 0 spiro atoms. The zero-order valence-electron chi connectivity index (χ0n) is 13.7. The first kappa shape index (κ1) is 16.9. The quantitative estimate of drug-likeness (QED) is 0.834. The van der Waals surface area contributed by atoms with E-state index in [2.05, 4.69) is 10.3 Å². The van der Waals surface area contributed by atoms with Crippen LogP contribution in [0.3, 0.4) is 0 Å². The molecule has 0 aliphatic carbocycles. The normalized spacial score (nSPS) is 21.5. The van der Waals surface area contributed by atoms with Gasteiger partial charge >= 0.3 is 0 Å². The minimum absolute atomic E-state index is 0.0428. The summed E-state index contributed by atoms with van der Waals surface area (Å²) in [4.78, 5) is 15.6. The van der Waals surface area contributed by atoms with Gasteiger partial charge in [-0.15, -0.1) is 0 Å². The van der Waals surface area contributed by atoms with Gasteiger partial charge in [0.25, 0.3) is 5.91 Å². The van der Waals surface area contributed by atoms with Crippen molar-refractivity contribution < 1.29 is 17.9 Å². The smallest absolute Gasteiger partial charge is 0.253 e. The van der Waals surface area contributed by atoms with Gasteiger partial charge in [-0.1, -0.05) is 18.2 Å². The Morgan fingerprint density at radius 3 is 2.83 bits per heavy atom. The molecule has 130 valence electrons. The van der Waals surface area contributed by atoms with Crippen LogP contribution < -0.4 is 5.32 Å². The van der Waals surface area contributed by atoms with E-state index in [4.69, 9.17) is 4.74 Å². The number of hydrogen-bond donors (Lipinski definition) is 2. The third kappa shape index (κ3) is 3.31. The Hall–Kier alpha value is -1.90. The summed E-state index contributed by atoms with van der Waals surface area (Å²) < 4.78 is 30.7. The number of nitrogens with one attached hydrogen (secondary N) is 2. The third-order valence-corrected chi connectivity index (χ3v) is 6.29. The number of ether oxygens (including phenoxy) is 1. The molecule has 0 saturated carbocycles. The molecule has 2 heterocycles. The first-order valence-electron chi connectivity index (χ1n) is 7.73. The standard InChI is InChI=1S/C16H21N3O4S/c1-19(2)24(21,22)10-11-8-23-9-15(11)18-16(20)13-7-17-14-6-4-3-5-12(13)14/h3-7,11,15,17H,8-10H2,1-2H3,(H,18,20). The van der Waals surface area contributed by atoms with E-state index in [0.717, 1.165) is 10.9 Å². The zero-order chi connectivity index (χ0) is 17.3. The maximum absolute atomic E-state index is 12.6. The van der Waals surface area contributed by atoms with E-state index < -0.39 is 10.0 Å². The third-order valence-electron chi connectivity index (χ3n) is 4.33. The van der Waals surface area contributed by atoms with E-state index >= 15 is 0 Å². The lowest BCUT2D eigenvalue weighted by Crippen LogP contribution is -2.43. The maximum atomic E-state index is 12.6. The Kier molecular flexibility index (Phi) is 4.62. The molecule has 1 aliphatic rings. The first-order valence-corrected chi connectivity index (χ1v) is 9.34. The fraction of sp³-hybridized carbons (Fsp3) is 0.438. The van der Waals surface area contributed by atoms with Gasteiger partial charge in [0.05, 0.1) is 30.6 Å². The summed E-state index contributed by atoms with van der Waals surface area (Å²) in [6.45, 7) is 0.646. The second-order valence-electron chi connectivity index (χ2n) is 6.19. The van der Waals surface area contributed by atoms with Crippen LogP contribution in [0, 0.1) is 5.92 Å². The van der Waals surface area contributed by atoms with E-state index in [0.29, 0.717) is 18.8 Å². The van der Waals surface area contributed by atoms with Gasteiger partial charge in [-0.2, -0.15) is 0 Å². The summed E-state index contributed by atoms with van der Waals surface area (Å²) in [5.41, 5.74) is 1.43. The lowest BCUT2D eigenvalue weighted by molar-refractivity contribution is 0.0927. The van der Waals surface area contributed by atoms with Crippen molar-refractivity contribution in [3.05, 3.63) is 36.0 Å². The summed E-state index contributed by atoms with van der Waals surface area (Å²) in [5, 5.41) is 3.76. The van der Waals surface area contributed by atoms with Gasteiger partial charge in [-0.05, 0) is 6.07 Å². The fourth-order valence-electron chi connectivity index (χ4n) is 2.85. The van der Waals surface area contributed by atoms with Crippen molar-refractivity contribution in [3.63, 3.8) is 0 Å². The number of aromatic amines is 1. The monoisotopic (exact) mass is 351 g/mol. The molecule has 1 amide bonds. The Labute approximate surface area is 141 Å². The van der Waals surface area contributed by atoms with Crippen molar-refractivity contribution in [1.29, 1.82) is 0 Å². The lowest BCUT2D eigenvalue weighted by atomic mass is 10.1. The number of carbonyl (C=O) groups is 1. The maximum Gasteiger partial charge on any atom is 0.253 e. The highest BCUT2D eigenvalue weighted by Gasteiger charge is 2.34. The average molecular weight is 351 g/mol. The number of para-hydroxylation sites is 1. The molecule has 1 saturated heterocycles. The number of fused-ring (bicyclic) bond motifs is 1. The van der Waals surface area contributed by atoms with Crippen LogP contribution in [0.4, 0.5) is 0 Å². The topological polar surface area (TPSA) is 91.5 Å². The molecule has 2 unspecified atom stereocenters. The van der Waals surface area contributed by atoms with Crippen molar-refractivity contribution in [1.82, 2.24) is 14.6 Å². The molecule has 1 aromatic carbocycles. The van der Waals surface area contributed by atoms with E-state index in [-0.39, 0.29) is 23.6 Å². The van der Waals surface area contributed by atoms with E-state index in [1.54, 1.807) is 6.20 Å². The highest BCUT2D eigenvalue weighted by Crippen LogP contribution is 2.20. The number of nitrogens with zero attached hydrogens (tertiary/aromatic N) is 1. The van der Waals surface area contributed by atoms with Crippen LogP contribution in [0.2, 0.25) is 0 Å². The molecule has 2 aromatic rings. The molecule has 2 N–H and O–H groups in total. The molecule has 2 atom stereocenters. The van der Waals surface area contributed by atoms with Gasteiger partial charge in [-0.3, -0.25) is 4.79 Å². The second-order valence-corrected chi connectivity index (χ2v) is 8.41. The van der Waals surface area contributed by atoms with Gasteiger partial charge in [0.2, 0.25) is 10.0 Å².